The van der Waals surface area contributed by atoms with E-state index in [1.807, 2.05) is 13.8 Å². The van der Waals surface area contributed by atoms with E-state index in [9.17, 15) is 23.5 Å². The smallest absolute Gasteiger partial charge is 0.251 e. The Bertz CT molecular complexity index is 589. The van der Waals surface area contributed by atoms with Crippen LogP contribution in [-0.4, -0.2) is 35.6 Å². The molecule has 0 radical (unpaired) electrons. The number of benzene rings is 1. The molecule has 0 aliphatic heterocycles. The predicted octanol–water partition coefficient (Wildman–Crippen LogP) is 2.00. The molecule has 1 aromatic rings. The number of aliphatic hydroxyl groups is 1. The third kappa shape index (κ3) is 7.04. The molecule has 1 aromatic carbocycles. The molecule has 1 unspecified atom stereocenters. The Kier molecular flexibility index (Phi) is 7.28. The third-order valence-electron chi connectivity index (χ3n) is 3.52. The van der Waals surface area contributed by atoms with Crippen LogP contribution in [0, 0.1) is 17.6 Å². The van der Waals surface area contributed by atoms with Gasteiger partial charge < -0.3 is 15.7 Å². The standard InChI is InChI=1S/C17H24F2N2O3/c1-11(2)6-7-17(3,24)10-21-15(22)9-20-16(23)12-4-5-13(18)14(19)8-12/h4-5,8,11,24H,6-7,9-10H2,1-3H3,(H,20,23)(H,21,22). The van der Waals surface area contributed by atoms with Crippen molar-refractivity contribution in [3.8, 4) is 0 Å². The number of rotatable bonds is 8. The molecule has 7 heteroatoms. The fourth-order valence-corrected chi connectivity index (χ4v) is 1.94. The van der Waals surface area contributed by atoms with Gasteiger partial charge in [0.2, 0.25) is 5.91 Å². The maximum absolute atomic E-state index is 13.1. The molecule has 0 aliphatic rings. The van der Waals surface area contributed by atoms with Crippen molar-refractivity contribution in [3.05, 3.63) is 35.4 Å². The first kappa shape index (κ1) is 20.0. The lowest BCUT2D eigenvalue weighted by Gasteiger charge is -2.24. The van der Waals surface area contributed by atoms with Crippen LogP contribution in [0.2, 0.25) is 0 Å². The highest BCUT2D eigenvalue weighted by atomic mass is 19.2. The summed E-state index contributed by atoms with van der Waals surface area (Å²) in [5.74, 6) is -2.89. The minimum atomic E-state index is -1.13. The second-order valence-corrected chi connectivity index (χ2v) is 6.52. The van der Waals surface area contributed by atoms with Crippen molar-refractivity contribution in [2.24, 2.45) is 5.92 Å². The second kappa shape index (κ2) is 8.73. The Morgan fingerprint density at radius 3 is 2.46 bits per heavy atom. The number of carbonyl (C=O) groups is 2. The summed E-state index contributed by atoms with van der Waals surface area (Å²) < 4.78 is 25.9. The van der Waals surface area contributed by atoms with Crippen LogP contribution in [0.15, 0.2) is 18.2 Å². The molecule has 0 saturated carbocycles. The number of carbonyl (C=O) groups excluding carboxylic acids is 2. The zero-order chi connectivity index (χ0) is 18.3. The number of hydrogen-bond acceptors (Lipinski definition) is 3. The topological polar surface area (TPSA) is 78.4 Å². The Hall–Kier alpha value is -2.02. The summed E-state index contributed by atoms with van der Waals surface area (Å²) in [6.45, 7) is 5.47. The number of halogens is 2. The fraction of sp³-hybridized carbons (Fsp3) is 0.529. The first-order valence-corrected chi connectivity index (χ1v) is 7.83. The quantitative estimate of drug-likeness (QED) is 0.676. The second-order valence-electron chi connectivity index (χ2n) is 6.52. The molecular weight excluding hydrogens is 318 g/mol. The van der Waals surface area contributed by atoms with Gasteiger partial charge in [0.25, 0.3) is 5.91 Å². The Balaban J connectivity index is 2.40. The number of nitrogens with one attached hydrogen (secondary N) is 2. The van der Waals surface area contributed by atoms with Crippen molar-refractivity contribution in [1.82, 2.24) is 10.6 Å². The zero-order valence-corrected chi connectivity index (χ0v) is 14.2. The molecule has 3 N–H and O–H groups in total. The highest BCUT2D eigenvalue weighted by Gasteiger charge is 2.21. The van der Waals surface area contributed by atoms with Crippen LogP contribution in [0.1, 0.15) is 44.0 Å². The molecule has 0 bridgehead atoms. The van der Waals surface area contributed by atoms with E-state index in [1.54, 1.807) is 6.92 Å². The average molecular weight is 342 g/mol. The fourth-order valence-electron chi connectivity index (χ4n) is 1.94. The predicted molar refractivity (Wildman–Crippen MR) is 86.4 cm³/mol. The molecule has 5 nitrogen and oxygen atoms in total. The summed E-state index contributed by atoms with van der Waals surface area (Å²) in [5, 5.41) is 15.0. The third-order valence-corrected chi connectivity index (χ3v) is 3.52. The van der Waals surface area contributed by atoms with E-state index in [2.05, 4.69) is 10.6 Å². The van der Waals surface area contributed by atoms with E-state index >= 15 is 0 Å². The van der Waals surface area contributed by atoms with E-state index in [-0.39, 0.29) is 18.7 Å². The Labute approximate surface area is 140 Å². The van der Waals surface area contributed by atoms with Gasteiger partial charge in [0.05, 0.1) is 12.1 Å². The zero-order valence-electron chi connectivity index (χ0n) is 14.2. The molecule has 0 heterocycles. The maximum Gasteiger partial charge on any atom is 0.251 e. The Morgan fingerprint density at radius 1 is 1.21 bits per heavy atom. The first-order valence-electron chi connectivity index (χ1n) is 7.83. The minimum absolute atomic E-state index is 0.0690. The van der Waals surface area contributed by atoms with Gasteiger partial charge in [-0.25, -0.2) is 8.78 Å². The molecule has 1 atom stereocenters. The van der Waals surface area contributed by atoms with Gasteiger partial charge in [0.15, 0.2) is 11.6 Å². The van der Waals surface area contributed by atoms with Crippen LogP contribution in [0.3, 0.4) is 0 Å². The lowest BCUT2D eigenvalue weighted by Crippen LogP contribution is -2.44. The van der Waals surface area contributed by atoms with E-state index in [4.69, 9.17) is 0 Å². The number of hydrogen-bond donors (Lipinski definition) is 3. The molecule has 24 heavy (non-hydrogen) atoms. The van der Waals surface area contributed by atoms with Crippen LogP contribution < -0.4 is 10.6 Å². The van der Waals surface area contributed by atoms with Crippen molar-refractivity contribution >= 4 is 11.8 Å². The van der Waals surface area contributed by atoms with Gasteiger partial charge in [-0.05, 0) is 43.9 Å². The van der Waals surface area contributed by atoms with Gasteiger partial charge in [-0.1, -0.05) is 13.8 Å². The number of amides is 2. The van der Waals surface area contributed by atoms with Crippen molar-refractivity contribution in [1.29, 1.82) is 0 Å². The maximum atomic E-state index is 13.1. The molecule has 2 amide bonds. The van der Waals surface area contributed by atoms with Gasteiger partial charge in [0, 0.05) is 12.1 Å². The van der Waals surface area contributed by atoms with Crippen LogP contribution in [0.4, 0.5) is 8.78 Å². The molecular formula is C17H24F2N2O3. The van der Waals surface area contributed by atoms with Crippen molar-refractivity contribution in [2.75, 3.05) is 13.1 Å². The van der Waals surface area contributed by atoms with Crippen LogP contribution >= 0.6 is 0 Å². The summed E-state index contributed by atoms with van der Waals surface area (Å²) in [7, 11) is 0. The van der Waals surface area contributed by atoms with Gasteiger partial charge in [-0.3, -0.25) is 9.59 Å². The van der Waals surface area contributed by atoms with Crippen molar-refractivity contribution < 1.29 is 23.5 Å². The van der Waals surface area contributed by atoms with Gasteiger partial charge in [-0.15, -0.1) is 0 Å². The van der Waals surface area contributed by atoms with E-state index < -0.39 is 29.0 Å². The SMILES string of the molecule is CC(C)CCC(C)(O)CNC(=O)CNC(=O)c1ccc(F)c(F)c1. The van der Waals surface area contributed by atoms with Gasteiger partial charge in [0.1, 0.15) is 0 Å². The molecule has 0 spiro atoms. The van der Waals surface area contributed by atoms with Crippen LogP contribution in [-0.2, 0) is 4.79 Å². The molecule has 0 saturated heterocycles. The highest BCUT2D eigenvalue weighted by molar-refractivity contribution is 5.96. The highest BCUT2D eigenvalue weighted by Crippen LogP contribution is 2.15. The molecule has 0 fully saturated rings. The minimum Gasteiger partial charge on any atom is -0.388 e. The lowest BCUT2D eigenvalue weighted by molar-refractivity contribution is -0.121. The summed E-state index contributed by atoms with van der Waals surface area (Å²) in [5.41, 5.74) is -1.10. The van der Waals surface area contributed by atoms with Crippen LogP contribution in [0.5, 0.6) is 0 Å². The van der Waals surface area contributed by atoms with E-state index in [0.29, 0.717) is 12.3 Å². The summed E-state index contributed by atoms with van der Waals surface area (Å²) in [6, 6.07) is 2.73. The summed E-state index contributed by atoms with van der Waals surface area (Å²) in [4.78, 5) is 23.5. The molecule has 134 valence electrons. The average Bonchev–Trinajstić information content (AvgIpc) is 2.51. The van der Waals surface area contributed by atoms with Crippen LogP contribution in [0.25, 0.3) is 0 Å². The lowest BCUT2D eigenvalue weighted by atomic mass is 9.95. The largest absolute Gasteiger partial charge is 0.388 e. The summed E-state index contributed by atoms with van der Waals surface area (Å²) in [6.07, 6.45) is 1.38. The van der Waals surface area contributed by atoms with Crippen molar-refractivity contribution in [3.63, 3.8) is 0 Å². The molecule has 1 rings (SSSR count). The van der Waals surface area contributed by atoms with Crippen molar-refractivity contribution in [2.45, 2.75) is 39.2 Å². The first-order chi connectivity index (χ1) is 11.1. The van der Waals surface area contributed by atoms with E-state index in [1.165, 1.54) is 0 Å². The van der Waals surface area contributed by atoms with Gasteiger partial charge in [-0.2, -0.15) is 0 Å². The summed E-state index contributed by atoms with van der Waals surface area (Å²) >= 11 is 0. The van der Waals surface area contributed by atoms with E-state index in [0.717, 1.165) is 24.6 Å². The monoisotopic (exact) mass is 342 g/mol. The normalized spacial score (nSPS) is 13.5. The molecule has 0 aromatic heterocycles. The van der Waals surface area contributed by atoms with Gasteiger partial charge >= 0.3 is 0 Å². The Morgan fingerprint density at radius 2 is 1.88 bits per heavy atom. The molecule has 0 aliphatic carbocycles.